The van der Waals surface area contributed by atoms with Gasteiger partial charge in [0.15, 0.2) is 9.84 Å². The van der Waals surface area contributed by atoms with Crippen LogP contribution in [0.5, 0.6) is 0 Å². The van der Waals surface area contributed by atoms with Crippen LogP contribution in [0.1, 0.15) is 57.1 Å². The van der Waals surface area contributed by atoms with Crippen LogP contribution in [0, 0.1) is 15.5 Å². The number of carbonyl (C=O) groups is 1. The highest BCUT2D eigenvalue weighted by Crippen LogP contribution is 2.33. The van der Waals surface area contributed by atoms with E-state index in [0.717, 1.165) is 24.7 Å². The zero-order valence-corrected chi connectivity index (χ0v) is 20.5. The Morgan fingerprint density at radius 1 is 1.06 bits per heavy atom. The van der Waals surface area contributed by atoms with E-state index in [1.807, 2.05) is 44.2 Å². The van der Waals surface area contributed by atoms with E-state index >= 15 is 0 Å². The first-order chi connectivity index (χ1) is 15.7. The van der Waals surface area contributed by atoms with E-state index < -0.39 is 31.7 Å². The summed E-state index contributed by atoms with van der Waals surface area (Å²) in [6.07, 6.45) is 4.48. The van der Waals surface area contributed by atoms with Crippen LogP contribution >= 0.6 is 0 Å². The average molecular weight is 497 g/mol. The molecule has 0 heterocycles. The Balaban J connectivity index is 0.00000172. The lowest BCUT2D eigenvalue weighted by atomic mass is 9.79. The molecule has 1 unspecified atom stereocenters. The van der Waals surface area contributed by atoms with Gasteiger partial charge < -0.3 is 13.2 Å². The van der Waals surface area contributed by atoms with Gasteiger partial charge in [0.25, 0.3) is 5.69 Å². The number of unbranched alkanes of at least 4 members (excludes halogenated alkanes) is 1. The lowest BCUT2D eigenvalue weighted by molar-refractivity contribution is -0.385. The lowest BCUT2D eigenvalue weighted by Crippen LogP contribution is -2.26. The highest BCUT2D eigenvalue weighted by Gasteiger charge is 2.31. The summed E-state index contributed by atoms with van der Waals surface area (Å²) in [5.74, 6) is -0.164. The van der Waals surface area contributed by atoms with Gasteiger partial charge in [-0.1, -0.05) is 68.6 Å². The summed E-state index contributed by atoms with van der Waals surface area (Å²) in [6.45, 7) is 3.94. The predicted octanol–water partition coefficient (Wildman–Crippen LogP) is 4.63. The second kappa shape index (κ2) is 13.8. The Hall–Kier alpha value is -2.59. The third kappa shape index (κ3) is 8.70. The Labute approximate surface area is 198 Å². The molecule has 2 rings (SSSR count). The number of sulfone groups is 1. The van der Waals surface area contributed by atoms with Crippen molar-refractivity contribution in [2.24, 2.45) is 5.41 Å². The minimum Gasteiger partial charge on any atom is -0.427 e. The van der Waals surface area contributed by atoms with Crippen molar-refractivity contribution in [3.8, 4) is 0 Å². The van der Waals surface area contributed by atoms with Gasteiger partial charge in [-0.3, -0.25) is 10.1 Å². The SMILES string of the molecule is CCCCC(C=O)(CC)CCS(=O)(=O)c1ccc([N+](=O)[O-])cc1Cc1ccccc1.O=[SH-]=O. The molecule has 182 valence electrons. The van der Waals surface area contributed by atoms with Crippen molar-refractivity contribution in [1.29, 1.82) is 0 Å². The molecule has 0 N–H and O–H groups in total. The van der Waals surface area contributed by atoms with Crippen molar-refractivity contribution >= 4 is 33.4 Å². The van der Waals surface area contributed by atoms with E-state index in [1.54, 1.807) is 0 Å². The molecule has 0 aliphatic rings. The number of nitro groups is 1. The van der Waals surface area contributed by atoms with Crippen molar-refractivity contribution in [3.63, 3.8) is 0 Å². The normalized spacial score (nSPS) is 12.8. The topological polar surface area (TPSA) is 128 Å². The predicted molar refractivity (Wildman–Crippen MR) is 127 cm³/mol. The summed E-state index contributed by atoms with van der Waals surface area (Å²) in [7, 11) is -3.71. The van der Waals surface area contributed by atoms with Gasteiger partial charge in [0.2, 0.25) is 0 Å². The van der Waals surface area contributed by atoms with Gasteiger partial charge in [-0.2, -0.15) is 0 Å². The number of carbonyl (C=O) groups excluding carboxylic acids is 1. The third-order valence-electron chi connectivity index (χ3n) is 5.68. The molecule has 0 aromatic heterocycles. The molecular formula is C23H30NO7S2-. The minimum absolute atomic E-state index is 0.100. The number of aldehydes is 1. The molecule has 0 bridgehead atoms. The van der Waals surface area contributed by atoms with Crippen molar-refractivity contribution in [3.05, 3.63) is 69.8 Å². The fourth-order valence-corrected chi connectivity index (χ4v) is 5.29. The van der Waals surface area contributed by atoms with E-state index in [2.05, 4.69) is 0 Å². The molecule has 2 aromatic rings. The zero-order chi connectivity index (χ0) is 24.9. The first kappa shape index (κ1) is 28.4. The number of hydrogen-bond acceptors (Lipinski definition) is 8. The molecule has 10 heteroatoms. The van der Waals surface area contributed by atoms with Crippen molar-refractivity contribution in [2.75, 3.05) is 5.75 Å². The Bertz CT molecular complexity index is 1070. The number of hydrogen-bond donors (Lipinski definition) is 0. The Morgan fingerprint density at radius 2 is 1.70 bits per heavy atom. The maximum absolute atomic E-state index is 13.2. The second-order valence-electron chi connectivity index (χ2n) is 7.79. The molecule has 8 nitrogen and oxygen atoms in total. The van der Waals surface area contributed by atoms with Crippen molar-refractivity contribution < 1.29 is 26.6 Å². The molecule has 2 aromatic carbocycles. The van der Waals surface area contributed by atoms with Crippen LogP contribution in [-0.4, -0.2) is 25.4 Å². The number of nitrogens with zero attached hydrogens (tertiary/aromatic N) is 1. The maximum Gasteiger partial charge on any atom is 0.269 e. The molecule has 0 aliphatic heterocycles. The maximum atomic E-state index is 13.2. The second-order valence-corrected chi connectivity index (χ2v) is 10.0. The van der Waals surface area contributed by atoms with Crippen LogP contribution in [0.4, 0.5) is 5.69 Å². The summed E-state index contributed by atoms with van der Waals surface area (Å²) < 4.78 is 43.1. The van der Waals surface area contributed by atoms with Gasteiger partial charge in [-0.15, -0.1) is 0 Å². The molecule has 0 saturated carbocycles. The van der Waals surface area contributed by atoms with Crippen LogP contribution in [0.3, 0.4) is 0 Å². The molecule has 0 radical (unpaired) electrons. The van der Waals surface area contributed by atoms with Crippen LogP contribution in [-0.2, 0) is 41.0 Å². The van der Waals surface area contributed by atoms with Crippen molar-refractivity contribution in [2.45, 2.75) is 57.3 Å². The van der Waals surface area contributed by atoms with Gasteiger partial charge in [-0.05, 0) is 42.9 Å². The van der Waals surface area contributed by atoms with Crippen LogP contribution in [0.25, 0.3) is 0 Å². The van der Waals surface area contributed by atoms with Gasteiger partial charge in [-0.25, -0.2) is 8.42 Å². The number of non-ortho nitro benzene ring substituents is 1. The fraction of sp³-hybridized carbons (Fsp3) is 0.435. The molecule has 0 fully saturated rings. The van der Waals surface area contributed by atoms with Gasteiger partial charge in [0.05, 0.1) is 15.6 Å². The van der Waals surface area contributed by atoms with Crippen molar-refractivity contribution in [1.82, 2.24) is 0 Å². The number of rotatable bonds is 12. The number of benzene rings is 2. The summed E-state index contributed by atoms with van der Waals surface area (Å²) in [5, 5.41) is 11.2. The summed E-state index contributed by atoms with van der Waals surface area (Å²) in [4.78, 5) is 22.6. The molecule has 0 aliphatic carbocycles. The first-order valence-electron chi connectivity index (χ1n) is 10.6. The Kier molecular flexibility index (Phi) is 11.9. The monoisotopic (exact) mass is 496 g/mol. The zero-order valence-electron chi connectivity index (χ0n) is 18.8. The average Bonchev–Trinajstić information content (AvgIpc) is 2.81. The third-order valence-corrected chi connectivity index (χ3v) is 7.49. The lowest BCUT2D eigenvalue weighted by Gasteiger charge is -2.26. The van der Waals surface area contributed by atoms with Crippen LogP contribution < -0.4 is 0 Å². The van der Waals surface area contributed by atoms with Gasteiger partial charge in [0.1, 0.15) is 6.29 Å². The van der Waals surface area contributed by atoms with Gasteiger partial charge >= 0.3 is 0 Å². The van der Waals surface area contributed by atoms with Crippen LogP contribution in [0.2, 0.25) is 0 Å². The number of nitro benzene ring substituents is 1. The highest BCUT2D eigenvalue weighted by atomic mass is 32.2. The first-order valence-corrected chi connectivity index (χ1v) is 13.0. The summed E-state index contributed by atoms with van der Waals surface area (Å²) >= 11 is -1.08. The largest absolute Gasteiger partial charge is 0.427 e. The number of thiol groups is 1. The van der Waals surface area contributed by atoms with E-state index in [0.29, 0.717) is 18.4 Å². The molecular weight excluding hydrogens is 466 g/mol. The molecule has 33 heavy (non-hydrogen) atoms. The summed E-state index contributed by atoms with van der Waals surface area (Å²) in [5.41, 5.74) is 0.479. The molecule has 1 atom stereocenters. The van der Waals surface area contributed by atoms with Crippen LogP contribution in [0.15, 0.2) is 53.4 Å². The van der Waals surface area contributed by atoms with E-state index in [9.17, 15) is 23.3 Å². The van der Waals surface area contributed by atoms with E-state index in [-0.39, 0.29) is 29.2 Å². The van der Waals surface area contributed by atoms with E-state index in [1.165, 1.54) is 18.2 Å². The molecule has 0 saturated heterocycles. The standard InChI is InChI=1S/C23H29NO5S.HO2S/c1-3-5-13-23(4-2,18-25)14-15-30(28,29)22-12-11-21(24(26)27)17-20(22)16-19-9-7-6-8-10-19;1-3-2/h6-12,17-18H,3-5,13-16H2,1-2H3;3H/q;-1. The highest BCUT2D eigenvalue weighted by molar-refractivity contribution is 7.91. The molecule has 0 amide bonds. The minimum atomic E-state index is -3.71. The summed E-state index contributed by atoms with van der Waals surface area (Å²) in [6, 6.07) is 13.1. The smallest absolute Gasteiger partial charge is 0.269 e. The van der Waals surface area contributed by atoms with Gasteiger partial charge in [0, 0.05) is 17.5 Å². The Morgan fingerprint density at radius 3 is 2.21 bits per heavy atom. The fourth-order valence-electron chi connectivity index (χ4n) is 3.59. The van der Waals surface area contributed by atoms with E-state index in [4.69, 9.17) is 8.42 Å². The quantitative estimate of drug-likeness (QED) is 0.138. The molecule has 0 spiro atoms.